The molecule has 0 spiro atoms. The van der Waals surface area contributed by atoms with E-state index in [1.54, 1.807) is 11.0 Å². The van der Waals surface area contributed by atoms with Crippen LogP contribution in [0.3, 0.4) is 0 Å². The van der Waals surface area contributed by atoms with Gasteiger partial charge in [0.15, 0.2) is 0 Å². The van der Waals surface area contributed by atoms with E-state index in [1.165, 1.54) is 12.1 Å². The number of nitro groups is 1. The Morgan fingerprint density at radius 1 is 1.50 bits per heavy atom. The number of nitrogens with two attached hydrogens (primary N) is 1. The molecule has 18 heavy (non-hydrogen) atoms. The first-order valence-corrected chi connectivity index (χ1v) is 5.46. The SMILES string of the molecule is Nc1ccc(CN2CCOCC2=O)cc1[N+](=O)[O-]. The Bertz CT molecular complexity index is 489. The van der Waals surface area contributed by atoms with Gasteiger partial charge in [0, 0.05) is 19.2 Å². The van der Waals surface area contributed by atoms with E-state index >= 15 is 0 Å². The van der Waals surface area contributed by atoms with Crippen molar-refractivity contribution in [2.75, 3.05) is 25.5 Å². The van der Waals surface area contributed by atoms with Gasteiger partial charge in [-0.05, 0) is 11.6 Å². The Morgan fingerprint density at radius 2 is 2.28 bits per heavy atom. The zero-order valence-corrected chi connectivity index (χ0v) is 9.67. The predicted molar refractivity (Wildman–Crippen MR) is 63.7 cm³/mol. The van der Waals surface area contributed by atoms with Crippen molar-refractivity contribution in [3.63, 3.8) is 0 Å². The van der Waals surface area contributed by atoms with Gasteiger partial charge in [0.1, 0.15) is 12.3 Å². The fraction of sp³-hybridized carbons (Fsp3) is 0.364. The fourth-order valence-electron chi connectivity index (χ4n) is 1.78. The summed E-state index contributed by atoms with van der Waals surface area (Å²) in [5.74, 6) is -0.110. The van der Waals surface area contributed by atoms with Gasteiger partial charge >= 0.3 is 0 Å². The first-order chi connectivity index (χ1) is 8.58. The van der Waals surface area contributed by atoms with Gasteiger partial charge in [-0.1, -0.05) is 6.07 Å². The van der Waals surface area contributed by atoms with Crippen LogP contribution in [0.4, 0.5) is 11.4 Å². The maximum atomic E-state index is 11.5. The van der Waals surface area contributed by atoms with Crippen molar-refractivity contribution in [3.8, 4) is 0 Å². The molecule has 1 aromatic rings. The molecule has 0 radical (unpaired) electrons. The highest BCUT2D eigenvalue weighted by molar-refractivity contribution is 5.78. The van der Waals surface area contributed by atoms with E-state index in [-0.39, 0.29) is 23.9 Å². The lowest BCUT2D eigenvalue weighted by molar-refractivity contribution is -0.384. The number of rotatable bonds is 3. The lowest BCUT2D eigenvalue weighted by Crippen LogP contribution is -2.40. The van der Waals surface area contributed by atoms with Gasteiger partial charge in [-0.3, -0.25) is 14.9 Å². The van der Waals surface area contributed by atoms with Crippen LogP contribution in [0.5, 0.6) is 0 Å². The van der Waals surface area contributed by atoms with Crippen molar-refractivity contribution >= 4 is 17.3 Å². The summed E-state index contributed by atoms with van der Waals surface area (Å²) in [7, 11) is 0. The third kappa shape index (κ3) is 2.57. The molecule has 1 aliphatic rings. The molecule has 0 saturated carbocycles. The number of benzene rings is 1. The molecule has 1 aromatic carbocycles. The van der Waals surface area contributed by atoms with E-state index in [9.17, 15) is 14.9 Å². The van der Waals surface area contributed by atoms with E-state index in [0.717, 1.165) is 0 Å². The van der Waals surface area contributed by atoms with Crippen molar-refractivity contribution in [2.45, 2.75) is 6.54 Å². The Kier molecular flexibility index (Phi) is 3.42. The Morgan fingerprint density at radius 3 is 2.94 bits per heavy atom. The molecule has 0 unspecified atom stereocenters. The summed E-state index contributed by atoms with van der Waals surface area (Å²) in [6, 6.07) is 4.57. The lowest BCUT2D eigenvalue weighted by atomic mass is 10.1. The highest BCUT2D eigenvalue weighted by atomic mass is 16.6. The second-order valence-electron chi connectivity index (χ2n) is 4.02. The van der Waals surface area contributed by atoms with Crippen molar-refractivity contribution < 1.29 is 14.5 Å². The highest BCUT2D eigenvalue weighted by Gasteiger charge is 2.20. The molecule has 0 aromatic heterocycles. The van der Waals surface area contributed by atoms with Gasteiger partial charge in [0.2, 0.25) is 5.91 Å². The molecule has 1 fully saturated rings. The number of morpholine rings is 1. The third-order valence-corrected chi connectivity index (χ3v) is 2.75. The van der Waals surface area contributed by atoms with Crippen LogP contribution >= 0.6 is 0 Å². The van der Waals surface area contributed by atoms with Gasteiger partial charge in [-0.2, -0.15) is 0 Å². The number of carbonyl (C=O) groups is 1. The smallest absolute Gasteiger partial charge is 0.292 e. The molecule has 1 aliphatic heterocycles. The quantitative estimate of drug-likeness (QED) is 0.480. The predicted octanol–water partition coefficient (Wildman–Crippen LogP) is 0.536. The molecule has 1 amide bonds. The van der Waals surface area contributed by atoms with Crippen molar-refractivity contribution in [1.82, 2.24) is 4.90 Å². The molecule has 96 valence electrons. The van der Waals surface area contributed by atoms with E-state index in [2.05, 4.69) is 0 Å². The molecular formula is C11H13N3O4. The highest BCUT2D eigenvalue weighted by Crippen LogP contribution is 2.23. The maximum Gasteiger partial charge on any atom is 0.292 e. The van der Waals surface area contributed by atoms with Crippen LogP contribution in [0.25, 0.3) is 0 Å². The minimum Gasteiger partial charge on any atom is -0.393 e. The zero-order valence-electron chi connectivity index (χ0n) is 9.67. The zero-order chi connectivity index (χ0) is 13.1. The lowest BCUT2D eigenvalue weighted by Gasteiger charge is -2.26. The third-order valence-electron chi connectivity index (χ3n) is 2.75. The van der Waals surface area contributed by atoms with Crippen LogP contribution in [0.15, 0.2) is 18.2 Å². The number of anilines is 1. The molecule has 0 aliphatic carbocycles. The monoisotopic (exact) mass is 251 g/mol. The molecule has 7 heteroatoms. The van der Waals surface area contributed by atoms with Crippen LogP contribution in [0.2, 0.25) is 0 Å². The second-order valence-corrected chi connectivity index (χ2v) is 4.02. The number of hydrogen-bond donors (Lipinski definition) is 1. The second kappa shape index (κ2) is 5.01. The average molecular weight is 251 g/mol. The number of nitro benzene ring substituents is 1. The van der Waals surface area contributed by atoms with E-state index in [0.29, 0.717) is 25.3 Å². The summed E-state index contributed by atoms with van der Waals surface area (Å²) in [5, 5.41) is 10.8. The topological polar surface area (TPSA) is 98.7 Å². The molecule has 1 heterocycles. The minimum absolute atomic E-state index is 0.0665. The Balaban J connectivity index is 2.16. The summed E-state index contributed by atoms with van der Waals surface area (Å²) in [6.07, 6.45) is 0. The number of nitrogens with zero attached hydrogens (tertiary/aromatic N) is 2. The fourth-order valence-corrected chi connectivity index (χ4v) is 1.78. The molecule has 1 saturated heterocycles. The summed E-state index contributed by atoms with van der Waals surface area (Å²) in [6.45, 7) is 1.39. The number of nitrogen functional groups attached to an aromatic ring is 1. The van der Waals surface area contributed by atoms with Gasteiger partial charge in [0.05, 0.1) is 11.5 Å². The number of hydrogen-bond acceptors (Lipinski definition) is 5. The van der Waals surface area contributed by atoms with Crippen LogP contribution in [-0.2, 0) is 16.1 Å². The molecule has 0 atom stereocenters. The van der Waals surface area contributed by atoms with Gasteiger partial charge in [-0.15, -0.1) is 0 Å². The molecule has 7 nitrogen and oxygen atoms in total. The number of amides is 1. The van der Waals surface area contributed by atoms with E-state index < -0.39 is 4.92 Å². The van der Waals surface area contributed by atoms with Crippen molar-refractivity contribution in [2.24, 2.45) is 0 Å². The number of ether oxygens (including phenoxy) is 1. The van der Waals surface area contributed by atoms with Crippen molar-refractivity contribution in [3.05, 3.63) is 33.9 Å². The summed E-state index contributed by atoms with van der Waals surface area (Å²) >= 11 is 0. The first kappa shape index (κ1) is 12.3. The maximum absolute atomic E-state index is 11.5. The van der Waals surface area contributed by atoms with Crippen LogP contribution in [0, 0.1) is 10.1 Å². The molecular weight excluding hydrogens is 238 g/mol. The van der Waals surface area contributed by atoms with Gasteiger partial charge in [-0.25, -0.2) is 0 Å². The van der Waals surface area contributed by atoms with Crippen LogP contribution in [-0.4, -0.2) is 35.5 Å². The standard InChI is InChI=1S/C11H13N3O4/c12-9-2-1-8(5-10(9)14(16)17)6-13-3-4-18-7-11(13)15/h1-2,5H,3-4,6-7,12H2. The van der Waals surface area contributed by atoms with Crippen molar-refractivity contribution in [1.29, 1.82) is 0 Å². The normalized spacial score (nSPS) is 15.8. The van der Waals surface area contributed by atoms with Crippen LogP contribution in [0.1, 0.15) is 5.56 Å². The first-order valence-electron chi connectivity index (χ1n) is 5.46. The van der Waals surface area contributed by atoms with Gasteiger partial charge in [0.25, 0.3) is 5.69 Å². The molecule has 2 N–H and O–H groups in total. The summed E-state index contributed by atoms with van der Waals surface area (Å²) < 4.78 is 5.01. The van der Waals surface area contributed by atoms with E-state index in [1.807, 2.05) is 0 Å². The summed E-state index contributed by atoms with van der Waals surface area (Å²) in [4.78, 5) is 23.4. The van der Waals surface area contributed by atoms with E-state index in [4.69, 9.17) is 10.5 Å². The minimum atomic E-state index is -0.528. The Labute approximate surface area is 103 Å². The van der Waals surface area contributed by atoms with Gasteiger partial charge < -0.3 is 15.4 Å². The average Bonchev–Trinajstić information content (AvgIpc) is 2.34. The largest absolute Gasteiger partial charge is 0.393 e. The van der Waals surface area contributed by atoms with Crippen LogP contribution < -0.4 is 5.73 Å². The number of carbonyl (C=O) groups excluding carboxylic acids is 1. The summed E-state index contributed by atoms with van der Waals surface area (Å²) in [5.41, 5.74) is 6.19. The molecule has 2 rings (SSSR count). The Hall–Kier alpha value is -2.15. The molecule has 0 bridgehead atoms.